The summed E-state index contributed by atoms with van der Waals surface area (Å²) in [4.78, 5) is 11.4. The molecule has 42 heavy (non-hydrogen) atoms. The average molecular weight is 579 g/mol. The molecular weight excluding hydrogens is 536 g/mol. The summed E-state index contributed by atoms with van der Waals surface area (Å²) in [6.45, 7) is 1.63. The molecule has 0 bridgehead atoms. The number of benzene rings is 3. The summed E-state index contributed by atoms with van der Waals surface area (Å²) in [6, 6.07) is 29.6. The van der Waals surface area contributed by atoms with Gasteiger partial charge < -0.3 is 33.5 Å². The number of ether oxygens (including phenoxy) is 6. The molecule has 3 aromatic carbocycles. The smallest absolute Gasteiger partial charge is 0.305 e. The van der Waals surface area contributed by atoms with E-state index in [1.807, 2.05) is 91.0 Å². The fourth-order valence-electron chi connectivity index (χ4n) is 4.81. The van der Waals surface area contributed by atoms with Crippen LogP contribution < -0.4 is 0 Å². The Morgan fingerprint density at radius 3 is 1.83 bits per heavy atom. The number of hydrogen-bond donors (Lipinski definition) is 1. The number of hydrogen-bond acceptors (Lipinski definition) is 8. The van der Waals surface area contributed by atoms with Crippen molar-refractivity contribution in [3.8, 4) is 0 Å². The fraction of sp³-hybridized carbons (Fsp3) is 0.441. The minimum absolute atomic E-state index is 0.222. The molecule has 0 aromatic heterocycles. The molecule has 1 aliphatic rings. The average Bonchev–Trinajstić information content (AvgIpc) is 3.03. The Morgan fingerprint density at radius 1 is 0.714 bits per heavy atom. The molecule has 1 saturated heterocycles. The molecule has 0 saturated carbocycles. The summed E-state index contributed by atoms with van der Waals surface area (Å²) in [7, 11) is 1.39. The van der Waals surface area contributed by atoms with E-state index in [0.29, 0.717) is 45.7 Å². The fourth-order valence-corrected chi connectivity index (χ4v) is 4.81. The highest BCUT2D eigenvalue weighted by Gasteiger charge is 2.47. The number of methoxy groups -OCH3 is 1. The lowest BCUT2D eigenvalue weighted by molar-refractivity contribution is -0.319. The van der Waals surface area contributed by atoms with Crippen LogP contribution in [0.2, 0.25) is 0 Å². The molecule has 4 rings (SSSR count). The maximum absolute atomic E-state index is 11.4. The first-order valence-electron chi connectivity index (χ1n) is 14.6. The molecule has 0 amide bonds. The minimum atomic E-state index is -1.09. The number of aliphatic hydroxyl groups excluding tert-OH is 1. The second-order valence-electron chi connectivity index (χ2n) is 10.3. The zero-order valence-electron chi connectivity index (χ0n) is 24.2. The van der Waals surface area contributed by atoms with Crippen molar-refractivity contribution in [2.24, 2.45) is 0 Å². The molecule has 1 fully saturated rings. The van der Waals surface area contributed by atoms with Crippen LogP contribution >= 0.6 is 0 Å². The van der Waals surface area contributed by atoms with Crippen molar-refractivity contribution in [2.75, 3.05) is 20.3 Å². The molecule has 3 aromatic rings. The minimum Gasteiger partial charge on any atom is -0.469 e. The predicted molar refractivity (Wildman–Crippen MR) is 157 cm³/mol. The lowest BCUT2D eigenvalue weighted by Crippen LogP contribution is -2.61. The van der Waals surface area contributed by atoms with E-state index in [-0.39, 0.29) is 12.6 Å². The van der Waals surface area contributed by atoms with Crippen LogP contribution in [-0.4, -0.2) is 62.1 Å². The largest absolute Gasteiger partial charge is 0.469 e. The van der Waals surface area contributed by atoms with Crippen LogP contribution in [0.15, 0.2) is 91.0 Å². The SMILES string of the molecule is COC(=O)CCCCCO[C@H]1O[C@H](COCc2ccccc2)[C@@H](OCc2ccccc2)[C@H](OCc2ccccc2)[C@@H]1O. The Labute approximate surface area is 248 Å². The topological polar surface area (TPSA) is 92.7 Å². The van der Waals surface area contributed by atoms with Crippen molar-refractivity contribution in [1.82, 2.24) is 0 Å². The summed E-state index contributed by atoms with van der Waals surface area (Å²) in [6.07, 6.45) is -1.32. The van der Waals surface area contributed by atoms with Crippen LogP contribution in [0.4, 0.5) is 0 Å². The highest BCUT2D eigenvalue weighted by Crippen LogP contribution is 2.29. The van der Waals surface area contributed by atoms with Crippen molar-refractivity contribution < 1.29 is 38.3 Å². The molecule has 0 radical (unpaired) electrons. The first-order valence-corrected chi connectivity index (χ1v) is 14.6. The summed E-state index contributed by atoms with van der Waals surface area (Å²) in [5, 5.41) is 11.4. The van der Waals surface area contributed by atoms with Gasteiger partial charge in [0.1, 0.15) is 24.4 Å². The van der Waals surface area contributed by atoms with Gasteiger partial charge in [-0.2, -0.15) is 0 Å². The molecular formula is C34H42O8. The summed E-state index contributed by atoms with van der Waals surface area (Å²) >= 11 is 0. The summed E-state index contributed by atoms with van der Waals surface area (Å²) in [5.74, 6) is -0.222. The van der Waals surface area contributed by atoms with Gasteiger partial charge in [-0.1, -0.05) is 97.4 Å². The summed E-state index contributed by atoms with van der Waals surface area (Å²) < 4.78 is 35.9. The van der Waals surface area contributed by atoms with Gasteiger partial charge in [-0.05, 0) is 29.5 Å². The lowest BCUT2D eigenvalue weighted by Gasteiger charge is -2.44. The molecule has 226 valence electrons. The van der Waals surface area contributed by atoms with Gasteiger partial charge in [0.05, 0.1) is 33.5 Å². The molecule has 1 aliphatic heterocycles. The maximum Gasteiger partial charge on any atom is 0.305 e. The van der Waals surface area contributed by atoms with Crippen molar-refractivity contribution in [3.63, 3.8) is 0 Å². The quantitative estimate of drug-likeness (QED) is 0.172. The first-order chi connectivity index (χ1) is 20.6. The second-order valence-corrected chi connectivity index (χ2v) is 10.3. The highest BCUT2D eigenvalue weighted by molar-refractivity contribution is 5.68. The Kier molecular flexibility index (Phi) is 13.5. The van der Waals surface area contributed by atoms with Crippen LogP contribution in [0, 0.1) is 0 Å². The molecule has 5 atom stereocenters. The molecule has 1 N–H and O–H groups in total. The van der Waals surface area contributed by atoms with Gasteiger partial charge in [-0.15, -0.1) is 0 Å². The Hall–Kier alpha value is -3.11. The third-order valence-electron chi connectivity index (χ3n) is 7.11. The number of esters is 1. The number of rotatable bonds is 17. The van der Waals surface area contributed by atoms with Gasteiger partial charge in [-0.25, -0.2) is 0 Å². The van der Waals surface area contributed by atoms with Crippen LogP contribution in [0.5, 0.6) is 0 Å². The lowest BCUT2D eigenvalue weighted by atomic mass is 9.98. The highest BCUT2D eigenvalue weighted by atomic mass is 16.7. The normalized spacial score (nSPS) is 22.1. The van der Waals surface area contributed by atoms with E-state index >= 15 is 0 Å². The second kappa shape index (κ2) is 17.8. The van der Waals surface area contributed by atoms with Crippen molar-refractivity contribution in [2.45, 2.75) is 76.2 Å². The predicted octanol–water partition coefficient (Wildman–Crippen LogP) is 5.21. The van der Waals surface area contributed by atoms with Gasteiger partial charge in [-0.3, -0.25) is 4.79 Å². The molecule has 0 aliphatic carbocycles. The van der Waals surface area contributed by atoms with Crippen molar-refractivity contribution in [3.05, 3.63) is 108 Å². The monoisotopic (exact) mass is 578 g/mol. The first kappa shape index (κ1) is 31.8. The van der Waals surface area contributed by atoms with Gasteiger partial charge in [0, 0.05) is 13.0 Å². The van der Waals surface area contributed by atoms with Gasteiger partial charge in [0.2, 0.25) is 0 Å². The van der Waals surface area contributed by atoms with Crippen LogP contribution in [0.25, 0.3) is 0 Å². The molecule has 8 nitrogen and oxygen atoms in total. The zero-order chi connectivity index (χ0) is 29.4. The molecule has 1 heterocycles. The maximum atomic E-state index is 11.4. The van der Waals surface area contributed by atoms with Crippen molar-refractivity contribution >= 4 is 5.97 Å². The van der Waals surface area contributed by atoms with E-state index < -0.39 is 30.7 Å². The van der Waals surface area contributed by atoms with E-state index in [4.69, 9.17) is 28.4 Å². The third-order valence-corrected chi connectivity index (χ3v) is 7.11. The summed E-state index contributed by atoms with van der Waals surface area (Å²) in [5.41, 5.74) is 3.03. The van der Waals surface area contributed by atoms with Crippen LogP contribution in [-0.2, 0) is 53.0 Å². The van der Waals surface area contributed by atoms with E-state index in [1.165, 1.54) is 7.11 Å². The van der Waals surface area contributed by atoms with E-state index in [0.717, 1.165) is 23.1 Å². The van der Waals surface area contributed by atoms with Gasteiger partial charge in [0.25, 0.3) is 0 Å². The number of carbonyl (C=O) groups excluding carboxylic acids is 1. The molecule has 0 spiro atoms. The molecule has 8 heteroatoms. The van der Waals surface area contributed by atoms with Crippen LogP contribution in [0.1, 0.15) is 42.4 Å². The number of carbonyl (C=O) groups is 1. The Bertz CT molecular complexity index is 1140. The van der Waals surface area contributed by atoms with Crippen molar-refractivity contribution in [1.29, 1.82) is 0 Å². The number of unbranched alkanes of at least 4 members (excludes halogenated alkanes) is 2. The van der Waals surface area contributed by atoms with E-state index in [9.17, 15) is 9.90 Å². The van der Waals surface area contributed by atoms with E-state index in [1.54, 1.807) is 0 Å². The zero-order valence-corrected chi connectivity index (χ0v) is 24.2. The Morgan fingerprint density at radius 2 is 1.26 bits per heavy atom. The standard InChI is InChI=1S/C34H42O8/c1-37-30(35)20-12-5-13-21-39-34-31(36)33(41-24-28-18-10-4-11-19-28)32(40-23-27-16-8-3-9-17-27)29(42-34)25-38-22-26-14-6-2-7-15-26/h2-4,6-11,14-19,29,31-34,36H,5,12-13,20-25H2,1H3/t29-,31+,32-,33-,34+/m1/s1. The van der Waals surface area contributed by atoms with E-state index in [2.05, 4.69) is 0 Å². The molecule has 0 unspecified atom stereocenters. The Balaban J connectivity index is 1.45. The van der Waals surface area contributed by atoms with Gasteiger partial charge in [0.15, 0.2) is 6.29 Å². The van der Waals surface area contributed by atoms with Gasteiger partial charge >= 0.3 is 5.97 Å². The third kappa shape index (κ3) is 10.3. The number of aliphatic hydroxyl groups is 1. The van der Waals surface area contributed by atoms with Crippen LogP contribution in [0.3, 0.4) is 0 Å².